The molecule has 0 fully saturated rings. The molecule has 0 unspecified atom stereocenters. The van der Waals surface area contributed by atoms with E-state index in [-0.39, 0.29) is 6.29 Å². The molecule has 0 aliphatic rings. The van der Waals surface area contributed by atoms with Crippen LogP contribution in [0.2, 0.25) is 0 Å². The van der Waals surface area contributed by atoms with Crippen LogP contribution in [-0.4, -0.2) is 35.5 Å². The summed E-state index contributed by atoms with van der Waals surface area (Å²) in [5.41, 5.74) is 1.86. The van der Waals surface area contributed by atoms with E-state index in [2.05, 4.69) is 10.3 Å². The molecule has 0 saturated heterocycles. The third kappa shape index (κ3) is 1.98. The summed E-state index contributed by atoms with van der Waals surface area (Å²) in [6.07, 6.45) is -0.296. The maximum Gasteiger partial charge on any atom is 0.176 e. The molecule has 0 amide bonds. The first kappa shape index (κ1) is 10.1. The van der Waals surface area contributed by atoms with Gasteiger partial charge in [0.1, 0.15) is 5.52 Å². The predicted octanol–water partition coefficient (Wildman–Crippen LogP) is 1.05. The molecular formula is C10H13N3O2. The van der Waals surface area contributed by atoms with E-state index in [1.807, 2.05) is 24.3 Å². The molecule has 0 bridgehead atoms. The Balaban J connectivity index is 2.28. The molecule has 0 spiro atoms. The van der Waals surface area contributed by atoms with Gasteiger partial charge in [0.25, 0.3) is 0 Å². The number of fused-ring (bicyclic) bond motifs is 1. The van der Waals surface area contributed by atoms with Gasteiger partial charge < -0.3 is 9.47 Å². The van der Waals surface area contributed by atoms with Crippen molar-refractivity contribution < 1.29 is 9.47 Å². The minimum atomic E-state index is -0.296. The van der Waals surface area contributed by atoms with Crippen molar-refractivity contribution in [3.8, 4) is 0 Å². The summed E-state index contributed by atoms with van der Waals surface area (Å²) in [6.45, 7) is 0.535. The van der Waals surface area contributed by atoms with Gasteiger partial charge in [-0.2, -0.15) is 0 Å². The molecule has 2 aromatic rings. The monoisotopic (exact) mass is 207 g/mol. The van der Waals surface area contributed by atoms with Crippen molar-refractivity contribution in [2.45, 2.75) is 12.8 Å². The first-order chi connectivity index (χ1) is 7.35. The van der Waals surface area contributed by atoms with Crippen molar-refractivity contribution >= 4 is 11.0 Å². The standard InChI is InChI=1S/C10H13N3O2/c1-14-10(15-2)7-13-9-6-4-3-5-8(9)11-12-13/h3-6,10H,7H2,1-2H3. The Labute approximate surface area is 87.6 Å². The summed E-state index contributed by atoms with van der Waals surface area (Å²) >= 11 is 0. The number of methoxy groups -OCH3 is 2. The van der Waals surface area contributed by atoms with Crippen molar-refractivity contribution in [1.82, 2.24) is 15.0 Å². The molecule has 5 nitrogen and oxygen atoms in total. The van der Waals surface area contributed by atoms with Crippen LogP contribution in [0, 0.1) is 0 Å². The topological polar surface area (TPSA) is 49.2 Å². The second-order valence-electron chi connectivity index (χ2n) is 3.16. The number of aromatic nitrogens is 3. The molecule has 15 heavy (non-hydrogen) atoms. The fourth-order valence-corrected chi connectivity index (χ4v) is 1.44. The van der Waals surface area contributed by atoms with Crippen LogP contribution < -0.4 is 0 Å². The molecule has 2 rings (SSSR count). The highest BCUT2D eigenvalue weighted by molar-refractivity contribution is 5.73. The minimum absolute atomic E-state index is 0.296. The highest BCUT2D eigenvalue weighted by Crippen LogP contribution is 2.10. The molecular weight excluding hydrogens is 194 g/mol. The van der Waals surface area contributed by atoms with Crippen molar-refractivity contribution in [3.63, 3.8) is 0 Å². The number of hydrogen-bond acceptors (Lipinski definition) is 4. The van der Waals surface area contributed by atoms with Crippen molar-refractivity contribution in [3.05, 3.63) is 24.3 Å². The van der Waals surface area contributed by atoms with Crippen molar-refractivity contribution in [2.24, 2.45) is 0 Å². The average molecular weight is 207 g/mol. The molecule has 0 aliphatic heterocycles. The smallest absolute Gasteiger partial charge is 0.176 e. The van der Waals surface area contributed by atoms with Gasteiger partial charge in [0.15, 0.2) is 6.29 Å². The van der Waals surface area contributed by atoms with Crippen LogP contribution >= 0.6 is 0 Å². The van der Waals surface area contributed by atoms with Crippen LogP contribution in [0.5, 0.6) is 0 Å². The zero-order valence-electron chi connectivity index (χ0n) is 8.75. The Bertz CT molecular complexity index is 437. The first-order valence-electron chi connectivity index (χ1n) is 4.69. The lowest BCUT2D eigenvalue weighted by Gasteiger charge is -2.12. The summed E-state index contributed by atoms with van der Waals surface area (Å²) in [5, 5.41) is 8.08. The van der Waals surface area contributed by atoms with E-state index in [9.17, 15) is 0 Å². The van der Waals surface area contributed by atoms with Gasteiger partial charge in [0, 0.05) is 14.2 Å². The predicted molar refractivity (Wildman–Crippen MR) is 55.3 cm³/mol. The van der Waals surface area contributed by atoms with E-state index >= 15 is 0 Å². The van der Waals surface area contributed by atoms with Crippen LogP contribution in [0.15, 0.2) is 24.3 Å². The van der Waals surface area contributed by atoms with Crippen molar-refractivity contribution in [2.75, 3.05) is 14.2 Å². The van der Waals surface area contributed by atoms with Crippen LogP contribution in [0.25, 0.3) is 11.0 Å². The summed E-state index contributed by atoms with van der Waals surface area (Å²) in [4.78, 5) is 0. The third-order valence-electron chi connectivity index (χ3n) is 2.27. The second-order valence-corrected chi connectivity index (χ2v) is 3.16. The number of rotatable bonds is 4. The Morgan fingerprint density at radius 1 is 1.27 bits per heavy atom. The zero-order valence-corrected chi connectivity index (χ0v) is 8.75. The maximum absolute atomic E-state index is 5.11. The highest BCUT2D eigenvalue weighted by atomic mass is 16.7. The molecule has 0 aliphatic carbocycles. The molecule has 0 saturated carbocycles. The molecule has 1 aromatic carbocycles. The highest BCUT2D eigenvalue weighted by Gasteiger charge is 2.09. The van der Waals surface area contributed by atoms with Crippen LogP contribution in [0.4, 0.5) is 0 Å². The van der Waals surface area contributed by atoms with Gasteiger partial charge in [0.2, 0.25) is 0 Å². The van der Waals surface area contributed by atoms with E-state index in [0.29, 0.717) is 6.54 Å². The Morgan fingerprint density at radius 3 is 2.73 bits per heavy atom. The summed E-state index contributed by atoms with van der Waals surface area (Å²) in [7, 11) is 3.21. The van der Waals surface area contributed by atoms with Gasteiger partial charge in [-0.15, -0.1) is 5.10 Å². The summed E-state index contributed by atoms with van der Waals surface area (Å²) in [6, 6.07) is 7.79. The number of hydrogen-bond donors (Lipinski definition) is 0. The third-order valence-corrected chi connectivity index (χ3v) is 2.27. The largest absolute Gasteiger partial charge is 0.354 e. The van der Waals surface area contributed by atoms with Gasteiger partial charge >= 0.3 is 0 Å². The molecule has 80 valence electrons. The van der Waals surface area contributed by atoms with Gasteiger partial charge in [-0.1, -0.05) is 17.3 Å². The molecule has 1 aromatic heterocycles. The lowest BCUT2D eigenvalue weighted by Crippen LogP contribution is -2.21. The molecule has 0 N–H and O–H groups in total. The van der Waals surface area contributed by atoms with Crippen LogP contribution in [-0.2, 0) is 16.0 Å². The van der Waals surface area contributed by atoms with E-state index < -0.39 is 0 Å². The van der Waals surface area contributed by atoms with E-state index in [1.54, 1.807) is 18.9 Å². The molecule has 5 heteroatoms. The van der Waals surface area contributed by atoms with E-state index in [1.165, 1.54) is 0 Å². The quantitative estimate of drug-likeness (QED) is 0.703. The van der Waals surface area contributed by atoms with E-state index in [4.69, 9.17) is 9.47 Å². The number of nitrogens with zero attached hydrogens (tertiary/aromatic N) is 3. The normalized spacial score (nSPS) is 11.4. The Kier molecular flexibility index (Phi) is 2.94. The number of ether oxygens (including phenoxy) is 2. The van der Waals surface area contributed by atoms with E-state index in [0.717, 1.165) is 11.0 Å². The van der Waals surface area contributed by atoms with Gasteiger partial charge in [-0.25, -0.2) is 4.68 Å². The lowest BCUT2D eigenvalue weighted by atomic mass is 10.3. The Hall–Kier alpha value is -1.46. The fraction of sp³-hybridized carbons (Fsp3) is 0.400. The maximum atomic E-state index is 5.11. The molecule has 0 radical (unpaired) electrons. The van der Waals surface area contributed by atoms with Gasteiger partial charge in [-0.3, -0.25) is 0 Å². The second kappa shape index (κ2) is 4.37. The van der Waals surface area contributed by atoms with Gasteiger partial charge in [0.05, 0.1) is 12.1 Å². The Morgan fingerprint density at radius 2 is 2.00 bits per heavy atom. The number of benzene rings is 1. The first-order valence-corrected chi connectivity index (χ1v) is 4.69. The van der Waals surface area contributed by atoms with Crippen LogP contribution in [0.3, 0.4) is 0 Å². The van der Waals surface area contributed by atoms with Crippen LogP contribution in [0.1, 0.15) is 0 Å². The minimum Gasteiger partial charge on any atom is -0.354 e. The summed E-state index contributed by atoms with van der Waals surface area (Å²) in [5.74, 6) is 0. The van der Waals surface area contributed by atoms with Gasteiger partial charge in [-0.05, 0) is 12.1 Å². The average Bonchev–Trinajstić information content (AvgIpc) is 2.69. The van der Waals surface area contributed by atoms with Crippen molar-refractivity contribution in [1.29, 1.82) is 0 Å². The lowest BCUT2D eigenvalue weighted by molar-refractivity contribution is -0.112. The summed E-state index contributed by atoms with van der Waals surface area (Å²) < 4.78 is 12.0. The zero-order chi connectivity index (χ0) is 10.7. The molecule has 0 atom stereocenters. The fourth-order valence-electron chi connectivity index (χ4n) is 1.44. The molecule has 1 heterocycles. The SMILES string of the molecule is COC(Cn1nnc2ccccc21)OC. The number of para-hydroxylation sites is 1.